The van der Waals surface area contributed by atoms with Crippen molar-refractivity contribution in [3.63, 3.8) is 0 Å². The number of rotatable bonds is 2. The molecule has 1 aromatic heterocycles. The van der Waals surface area contributed by atoms with Gasteiger partial charge in [0.05, 0.1) is 22.7 Å². The normalized spacial score (nSPS) is 24.5. The molecule has 1 saturated heterocycles. The van der Waals surface area contributed by atoms with E-state index in [0.717, 1.165) is 30.1 Å². The molecule has 0 N–H and O–H groups in total. The number of fused-ring (bicyclic) bond motifs is 5. The average molecular weight is 368 g/mol. The van der Waals surface area contributed by atoms with Gasteiger partial charge in [0, 0.05) is 31.1 Å². The maximum atomic E-state index is 9.01. The minimum absolute atomic E-state index is 0.686. The van der Waals surface area contributed by atoms with Gasteiger partial charge >= 0.3 is 0 Å². The maximum Gasteiger partial charge on any atom is 0.111 e. The first-order chi connectivity index (χ1) is 13.8. The molecule has 3 aliphatic rings. The summed E-state index contributed by atoms with van der Waals surface area (Å²) in [5, 5.41) is 9.01. The van der Waals surface area contributed by atoms with Crippen molar-refractivity contribution in [3.8, 4) is 17.2 Å². The third-order valence-electron chi connectivity index (χ3n) is 7.16. The molecule has 0 amide bonds. The van der Waals surface area contributed by atoms with Crippen LogP contribution in [0.2, 0.25) is 0 Å². The number of hydrogen-bond donors (Lipinski definition) is 0. The van der Waals surface area contributed by atoms with Gasteiger partial charge in [0.15, 0.2) is 0 Å². The molecule has 2 atom stereocenters. The summed E-state index contributed by atoms with van der Waals surface area (Å²) in [7, 11) is 0. The highest BCUT2D eigenvalue weighted by atomic mass is 15.3. The van der Waals surface area contributed by atoms with E-state index >= 15 is 0 Å². The Hall–Kier alpha value is -2.64. The molecule has 3 heterocycles. The fourth-order valence-corrected chi connectivity index (χ4v) is 5.53. The zero-order valence-corrected chi connectivity index (χ0v) is 16.0. The number of imidazole rings is 1. The Morgan fingerprint density at radius 1 is 0.893 bits per heavy atom. The van der Waals surface area contributed by atoms with Gasteiger partial charge in [-0.1, -0.05) is 24.6 Å². The second kappa shape index (κ2) is 6.18. The van der Waals surface area contributed by atoms with Crippen LogP contribution >= 0.6 is 0 Å². The number of hydrogen-bond acceptors (Lipinski definition) is 3. The van der Waals surface area contributed by atoms with Crippen molar-refractivity contribution in [2.45, 2.75) is 63.2 Å². The first kappa shape index (κ1) is 16.3. The van der Waals surface area contributed by atoms with Gasteiger partial charge in [0.2, 0.25) is 0 Å². The van der Waals surface area contributed by atoms with Crippen LogP contribution in [-0.4, -0.2) is 32.6 Å². The molecular weight excluding hydrogens is 344 g/mol. The highest BCUT2D eigenvalue weighted by molar-refractivity contribution is 5.83. The number of benzene rings is 2. The van der Waals surface area contributed by atoms with E-state index in [0.29, 0.717) is 17.6 Å². The third-order valence-corrected chi connectivity index (χ3v) is 7.16. The highest BCUT2D eigenvalue weighted by Gasteiger charge is 2.42. The molecule has 140 valence electrons. The van der Waals surface area contributed by atoms with Gasteiger partial charge < -0.3 is 4.57 Å². The molecule has 1 aliphatic carbocycles. The Labute approximate surface area is 165 Å². The predicted molar refractivity (Wildman–Crippen MR) is 110 cm³/mol. The van der Waals surface area contributed by atoms with Gasteiger partial charge in [-0.15, -0.1) is 0 Å². The van der Waals surface area contributed by atoms with Crippen molar-refractivity contribution >= 4 is 11.0 Å². The molecule has 4 nitrogen and oxygen atoms in total. The van der Waals surface area contributed by atoms with Gasteiger partial charge in [-0.05, 0) is 61.1 Å². The fraction of sp³-hybridized carbons (Fsp3) is 0.417. The summed E-state index contributed by atoms with van der Waals surface area (Å²) in [4.78, 5) is 7.93. The van der Waals surface area contributed by atoms with E-state index in [1.807, 2.05) is 24.3 Å². The monoisotopic (exact) mass is 368 g/mol. The Balaban J connectivity index is 1.37. The Bertz CT molecular complexity index is 1080. The quantitative estimate of drug-likeness (QED) is 0.668. The summed E-state index contributed by atoms with van der Waals surface area (Å²) in [5.74, 6) is 1.27. The molecule has 4 heteroatoms. The molecule has 2 bridgehead atoms. The molecule has 1 saturated carbocycles. The van der Waals surface area contributed by atoms with Crippen molar-refractivity contribution < 1.29 is 0 Å². The predicted octanol–water partition coefficient (Wildman–Crippen LogP) is 4.52. The number of aromatic nitrogens is 2. The molecule has 6 rings (SSSR count). The Kier molecular flexibility index (Phi) is 3.61. The molecule has 28 heavy (non-hydrogen) atoms. The molecule has 2 aromatic carbocycles. The lowest BCUT2D eigenvalue weighted by atomic mass is 9.90. The van der Waals surface area contributed by atoms with Gasteiger partial charge in [0.1, 0.15) is 5.82 Å². The third kappa shape index (κ3) is 2.43. The van der Waals surface area contributed by atoms with E-state index in [4.69, 9.17) is 10.2 Å². The topological polar surface area (TPSA) is 44.9 Å². The van der Waals surface area contributed by atoms with Crippen molar-refractivity contribution in [2.75, 3.05) is 0 Å². The minimum atomic E-state index is 0.686. The van der Waals surface area contributed by atoms with Crippen molar-refractivity contribution in [1.82, 2.24) is 14.5 Å². The second-order valence-corrected chi connectivity index (χ2v) is 8.65. The lowest BCUT2D eigenvalue weighted by Crippen LogP contribution is -2.48. The van der Waals surface area contributed by atoms with E-state index in [1.165, 1.54) is 49.0 Å². The van der Waals surface area contributed by atoms with Gasteiger partial charge in [-0.25, -0.2) is 4.98 Å². The SMILES string of the molecule is N#Cc1ccc(-c2ccc3c(c2)nc2n3C[C@@H]3CC[C@H](C2)N3C2CCC2)cc1. The molecule has 0 unspecified atom stereocenters. The molecule has 0 radical (unpaired) electrons. The van der Waals surface area contributed by atoms with E-state index in [9.17, 15) is 0 Å². The highest BCUT2D eigenvalue weighted by Crippen LogP contribution is 2.39. The van der Waals surface area contributed by atoms with E-state index in [1.54, 1.807) is 0 Å². The molecule has 3 aromatic rings. The van der Waals surface area contributed by atoms with E-state index < -0.39 is 0 Å². The summed E-state index contributed by atoms with van der Waals surface area (Å²) >= 11 is 0. The first-order valence-corrected chi connectivity index (χ1v) is 10.6. The van der Waals surface area contributed by atoms with Gasteiger partial charge in [0.25, 0.3) is 0 Å². The minimum Gasteiger partial charge on any atom is -0.326 e. The maximum absolute atomic E-state index is 9.01. The Morgan fingerprint density at radius 3 is 2.43 bits per heavy atom. The van der Waals surface area contributed by atoms with Crippen LogP contribution in [0.4, 0.5) is 0 Å². The molecule has 0 spiro atoms. The largest absolute Gasteiger partial charge is 0.326 e. The lowest BCUT2D eigenvalue weighted by molar-refractivity contribution is 0.0739. The fourth-order valence-electron chi connectivity index (χ4n) is 5.53. The Morgan fingerprint density at radius 2 is 1.68 bits per heavy atom. The van der Waals surface area contributed by atoms with Crippen molar-refractivity contribution in [1.29, 1.82) is 5.26 Å². The van der Waals surface area contributed by atoms with E-state index in [-0.39, 0.29) is 0 Å². The average Bonchev–Trinajstić information content (AvgIpc) is 3.16. The van der Waals surface area contributed by atoms with Crippen LogP contribution in [0.1, 0.15) is 43.5 Å². The van der Waals surface area contributed by atoms with Crippen LogP contribution < -0.4 is 0 Å². The molecular formula is C24H24N4. The van der Waals surface area contributed by atoms with Crippen LogP contribution in [0.3, 0.4) is 0 Å². The van der Waals surface area contributed by atoms with Crippen LogP contribution in [0.5, 0.6) is 0 Å². The number of nitriles is 1. The van der Waals surface area contributed by atoms with Crippen molar-refractivity contribution in [2.24, 2.45) is 0 Å². The van der Waals surface area contributed by atoms with Crippen molar-refractivity contribution in [3.05, 3.63) is 53.9 Å². The second-order valence-electron chi connectivity index (χ2n) is 8.65. The zero-order valence-electron chi connectivity index (χ0n) is 16.0. The first-order valence-electron chi connectivity index (χ1n) is 10.6. The summed E-state index contributed by atoms with van der Waals surface area (Å²) in [6.07, 6.45) is 7.96. The van der Waals surface area contributed by atoms with Gasteiger partial charge in [-0.2, -0.15) is 5.26 Å². The van der Waals surface area contributed by atoms with Crippen LogP contribution in [0, 0.1) is 11.3 Å². The van der Waals surface area contributed by atoms with Crippen LogP contribution in [0.25, 0.3) is 22.2 Å². The molecule has 2 fully saturated rings. The summed E-state index contributed by atoms with van der Waals surface area (Å²) in [5.41, 5.74) is 5.39. The van der Waals surface area contributed by atoms with Crippen LogP contribution in [-0.2, 0) is 13.0 Å². The number of nitrogens with zero attached hydrogens (tertiary/aromatic N) is 4. The standard InChI is InChI=1S/C24H24N4/c25-14-16-4-6-17(7-5-16)18-8-11-23-22(12-18)26-24-13-20-9-10-21(15-27(23)24)28(20)19-2-1-3-19/h4-8,11-12,19-21H,1-3,9-10,13,15H2/t20-,21+/m1/s1. The molecule has 2 aliphatic heterocycles. The summed E-state index contributed by atoms with van der Waals surface area (Å²) in [6, 6.07) is 18.9. The van der Waals surface area contributed by atoms with Crippen LogP contribution in [0.15, 0.2) is 42.5 Å². The summed E-state index contributed by atoms with van der Waals surface area (Å²) in [6.45, 7) is 1.09. The van der Waals surface area contributed by atoms with E-state index in [2.05, 4.69) is 33.7 Å². The summed E-state index contributed by atoms with van der Waals surface area (Å²) < 4.78 is 2.49. The lowest BCUT2D eigenvalue weighted by Gasteiger charge is -2.41. The smallest absolute Gasteiger partial charge is 0.111 e. The zero-order chi connectivity index (χ0) is 18.7. The van der Waals surface area contributed by atoms with Gasteiger partial charge in [-0.3, -0.25) is 4.90 Å².